The van der Waals surface area contributed by atoms with Crippen LogP contribution >= 0.6 is 11.6 Å². The number of ether oxygens (including phenoxy) is 2. The van der Waals surface area contributed by atoms with E-state index in [1.807, 2.05) is 24.3 Å². The standard InChI is InChI=1S/C17H17ClN2O3/c1-22-16-7-6-12(18)9-14(16)20-17(21)19-13-8-11-4-2-3-5-15(11)23-10-13/h2-7,9,13H,8,10H2,1H3,(H2,19,20,21)/t13-/m0/s1. The van der Waals surface area contributed by atoms with Crippen LogP contribution in [0.3, 0.4) is 0 Å². The van der Waals surface area contributed by atoms with Crippen LogP contribution in [-0.2, 0) is 6.42 Å². The lowest BCUT2D eigenvalue weighted by molar-refractivity contribution is 0.222. The summed E-state index contributed by atoms with van der Waals surface area (Å²) in [6.07, 6.45) is 0.732. The molecule has 2 N–H and O–H groups in total. The number of hydrogen-bond donors (Lipinski definition) is 2. The van der Waals surface area contributed by atoms with Gasteiger partial charge in [-0.3, -0.25) is 0 Å². The van der Waals surface area contributed by atoms with E-state index >= 15 is 0 Å². The number of anilines is 1. The molecule has 0 unspecified atom stereocenters. The van der Waals surface area contributed by atoms with E-state index < -0.39 is 0 Å². The number of nitrogens with one attached hydrogen (secondary N) is 2. The normalized spacial score (nSPS) is 16.0. The lowest BCUT2D eigenvalue weighted by Gasteiger charge is -2.26. The summed E-state index contributed by atoms with van der Waals surface area (Å²) < 4.78 is 10.9. The minimum Gasteiger partial charge on any atom is -0.495 e. The highest BCUT2D eigenvalue weighted by atomic mass is 35.5. The number of halogens is 1. The van der Waals surface area contributed by atoms with Gasteiger partial charge in [-0.25, -0.2) is 4.79 Å². The Labute approximate surface area is 139 Å². The van der Waals surface area contributed by atoms with Crippen molar-refractivity contribution in [1.29, 1.82) is 0 Å². The van der Waals surface area contributed by atoms with Crippen molar-refractivity contribution >= 4 is 23.3 Å². The van der Waals surface area contributed by atoms with Crippen LogP contribution in [0.5, 0.6) is 11.5 Å². The smallest absolute Gasteiger partial charge is 0.319 e. The molecule has 1 heterocycles. The van der Waals surface area contributed by atoms with E-state index in [0.717, 1.165) is 17.7 Å². The fourth-order valence-corrected chi connectivity index (χ4v) is 2.71. The van der Waals surface area contributed by atoms with Crippen LogP contribution in [0, 0.1) is 0 Å². The lowest BCUT2D eigenvalue weighted by Crippen LogP contribution is -2.44. The Morgan fingerprint density at radius 3 is 2.96 bits per heavy atom. The number of benzene rings is 2. The molecule has 0 aromatic heterocycles. The highest BCUT2D eigenvalue weighted by molar-refractivity contribution is 6.31. The molecule has 5 nitrogen and oxygen atoms in total. The third-order valence-corrected chi connectivity index (χ3v) is 3.86. The van der Waals surface area contributed by atoms with Crippen molar-refractivity contribution < 1.29 is 14.3 Å². The van der Waals surface area contributed by atoms with Crippen LogP contribution in [0.2, 0.25) is 5.02 Å². The zero-order chi connectivity index (χ0) is 16.2. The monoisotopic (exact) mass is 332 g/mol. The number of rotatable bonds is 3. The molecule has 2 aromatic carbocycles. The van der Waals surface area contributed by atoms with Gasteiger partial charge in [0.2, 0.25) is 0 Å². The minimum absolute atomic E-state index is 0.0879. The van der Waals surface area contributed by atoms with Gasteiger partial charge in [-0.1, -0.05) is 29.8 Å². The third-order valence-electron chi connectivity index (χ3n) is 3.62. The van der Waals surface area contributed by atoms with Crippen LogP contribution in [0.25, 0.3) is 0 Å². The summed E-state index contributed by atoms with van der Waals surface area (Å²) in [7, 11) is 1.54. The summed E-state index contributed by atoms with van der Waals surface area (Å²) in [5.41, 5.74) is 1.61. The van der Waals surface area contributed by atoms with Crippen molar-refractivity contribution in [3.63, 3.8) is 0 Å². The van der Waals surface area contributed by atoms with Crippen LogP contribution in [-0.4, -0.2) is 25.8 Å². The van der Waals surface area contributed by atoms with E-state index in [9.17, 15) is 4.79 Å². The van der Waals surface area contributed by atoms with Crippen molar-refractivity contribution in [3.8, 4) is 11.5 Å². The quantitative estimate of drug-likeness (QED) is 0.904. The van der Waals surface area contributed by atoms with Crippen molar-refractivity contribution in [1.82, 2.24) is 5.32 Å². The molecule has 2 aromatic rings. The van der Waals surface area contributed by atoms with Gasteiger partial charge in [-0.05, 0) is 36.2 Å². The van der Waals surface area contributed by atoms with E-state index in [4.69, 9.17) is 21.1 Å². The van der Waals surface area contributed by atoms with E-state index in [-0.39, 0.29) is 12.1 Å². The second kappa shape index (κ2) is 6.79. The molecule has 120 valence electrons. The van der Waals surface area contributed by atoms with Crippen molar-refractivity contribution in [2.45, 2.75) is 12.5 Å². The molecule has 0 saturated carbocycles. The van der Waals surface area contributed by atoms with Crippen molar-refractivity contribution in [2.75, 3.05) is 19.0 Å². The molecule has 0 radical (unpaired) electrons. The highest BCUT2D eigenvalue weighted by Crippen LogP contribution is 2.28. The topological polar surface area (TPSA) is 59.6 Å². The Morgan fingerprint density at radius 1 is 1.30 bits per heavy atom. The molecular formula is C17H17ClN2O3. The Morgan fingerprint density at radius 2 is 2.13 bits per heavy atom. The highest BCUT2D eigenvalue weighted by Gasteiger charge is 2.21. The number of urea groups is 1. The molecule has 0 saturated heterocycles. The zero-order valence-corrected chi connectivity index (χ0v) is 13.4. The molecule has 3 rings (SSSR count). The SMILES string of the molecule is COc1ccc(Cl)cc1NC(=O)N[C@@H]1COc2ccccc2C1. The fourth-order valence-electron chi connectivity index (χ4n) is 2.54. The van der Waals surface area contributed by atoms with Gasteiger partial charge < -0.3 is 20.1 Å². The summed E-state index contributed by atoms with van der Waals surface area (Å²) in [4.78, 5) is 12.2. The number of amides is 2. The van der Waals surface area contributed by atoms with E-state index in [1.54, 1.807) is 18.2 Å². The Balaban J connectivity index is 1.63. The maximum absolute atomic E-state index is 12.2. The van der Waals surface area contributed by atoms with Gasteiger partial charge in [0.05, 0.1) is 18.8 Å². The van der Waals surface area contributed by atoms with E-state index in [0.29, 0.717) is 23.1 Å². The Bertz CT molecular complexity index is 721. The first kappa shape index (κ1) is 15.5. The predicted octanol–water partition coefficient (Wildman–Crippen LogP) is 3.47. The molecule has 0 bridgehead atoms. The van der Waals surface area contributed by atoms with Gasteiger partial charge in [0, 0.05) is 5.02 Å². The summed E-state index contributed by atoms with van der Waals surface area (Å²) in [6, 6.07) is 12.5. The van der Waals surface area contributed by atoms with Gasteiger partial charge >= 0.3 is 6.03 Å². The average molecular weight is 333 g/mol. The number of carbonyl (C=O) groups excluding carboxylic acids is 1. The molecule has 2 amide bonds. The first-order valence-electron chi connectivity index (χ1n) is 7.27. The predicted molar refractivity (Wildman–Crippen MR) is 89.6 cm³/mol. The summed E-state index contributed by atoms with van der Waals surface area (Å²) in [6.45, 7) is 0.442. The van der Waals surface area contributed by atoms with Crippen molar-refractivity contribution in [3.05, 3.63) is 53.1 Å². The maximum atomic E-state index is 12.2. The van der Waals surface area contributed by atoms with E-state index in [2.05, 4.69) is 10.6 Å². The number of fused-ring (bicyclic) bond motifs is 1. The third kappa shape index (κ3) is 3.68. The summed E-state index contributed by atoms with van der Waals surface area (Å²) in [5, 5.41) is 6.19. The summed E-state index contributed by atoms with van der Waals surface area (Å²) in [5.74, 6) is 1.43. The second-order valence-corrected chi connectivity index (χ2v) is 5.70. The van der Waals surface area contributed by atoms with Crippen LogP contribution in [0.1, 0.15) is 5.56 Å². The number of carbonyl (C=O) groups is 1. The largest absolute Gasteiger partial charge is 0.495 e. The van der Waals surface area contributed by atoms with Gasteiger partial charge in [0.25, 0.3) is 0 Å². The molecule has 1 aliphatic heterocycles. The zero-order valence-electron chi connectivity index (χ0n) is 12.6. The molecule has 1 atom stereocenters. The Hall–Kier alpha value is -2.40. The number of methoxy groups -OCH3 is 1. The number of para-hydroxylation sites is 1. The van der Waals surface area contributed by atoms with Crippen LogP contribution < -0.4 is 20.1 Å². The van der Waals surface area contributed by atoms with Gasteiger partial charge in [-0.2, -0.15) is 0 Å². The average Bonchev–Trinajstić information content (AvgIpc) is 2.55. The van der Waals surface area contributed by atoms with Gasteiger partial charge in [0.15, 0.2) is 0 Å². The fraction of sp³-hybridized carbons (Fsp3) is 0.235. The maximum Gasteiger partial charge on any atom is 0.319 e. The molecular weight excluding hydrogens is 316 g/mol. The first-order valence-corrected chi connectivity index (χ1v) is 7.65. The molecule has 23 heavy (non-hydrogen) atoms. The lowest BCUT2D eigenvalue weighted by atomic mass is 10.0. The van der Waals surface area contributed by atoms with E-state index in [1.165, 1.54) is 7.11 Å². The Kier molecular flexibility index (Phi) is 4.57. The van der Waals surface area contributed by atoms with Crippen molar-refractivity contribution in [2.24, 2.45) is 0 Å². The minimum atomic E-state index is -0.321. The van der Waals surface area contributed by atoms with Gasteiger partial charge in [0.1, 0.15) is 18.1 Å². The molecule has 0 aliphatic carbocycles. The molecule has 0 spiro atoms. The second-order valence-electron chi connectivity index (χ2n) is 5.26. The number of hydrogen-bond acceptors (Lipinski definition) is 3. The van der Waals surface area contributed by atoms with Gasteiger partial charge in [-0.15, -0.1) is 0 Å². The summed E-state index contributed by atoms with van der Waals surface area (Å²) >= 11 is 5.96. The molecule has 0 fully saturated rings. The first-order chi connectivity index (χ1) is 11.2. The molecule has 1 aliphatic rings. The molecule has 6 heteroatoms. The van der Waals surface area contributed by atoms with Crippen LogP contribution in [0.4, 0.5) is 10.5 Å². The van der Waals surface area contributed by atoms with Crippen LogP contribution in [0.15, 0.2) is 42.5 Å².